The molecule has 0 spiro atoms. The van der Waals surface area contributed by atoms with Crippen LogP contribution in [0.2, 0.25) is 0 Å². The average Bonchev–Trinajstić information content (AvgIpc) is 2.83. The lowest BCUT2D eigenvalue weighted by molar-refractivity contribution is 0.0605. The van der Waals surface area contributed by atoms with Crippen molar-refractivity contribution in [2.75, 3.05) is 7.11 Å². The number of hydrogen-bond donors (Lipinski definition) is 0. The van der Waals surface area contributed by atoms with Crippen molar-refractivity contribution in [3.8, 4) is 10.8 Å². The summed E-state index contributed by atoms with van der Waals surface area (Å²) in [7, 11) is 3.25. The number of hydrogen-bond acceptors (Lipinski definition) is 5. The average molecular weight is 237 g/mol. The largest absolute Gasteiger partial charge is 0.465 e. The highest BCUT2D eigenvalue weighted by Crippen LogP contribution is 2.26. The van der Waals surface area contributed by atoms with Gasteiger partial charge in [0.1, 0.15) is 4.88 Å². The minimum atomic E-state index is -0.351. The molecule has 0 aliphatic carbocycles. The number of methoxy groups -OCH3 is 1. The highest BCUT2D eigenvalue weighted by Gasteiger charge is 2.18. The number of carbonyl (C=O) groups is 1. The molecule has 2 aromatic heterocycles. The van der Waals surface area contributed by atoms with Crippen molar-refractivity contribution >= 4 is 17.3 Å². The second-order valence-corrected chi connectivity index (χ2v) is 4.29. The minimum Gasteiger partial charge on any atom is -0.465 e. The van der Waals surface area contributed by atoms with Gasteiger partial charge in [-0.15, -0.1) is 11.3 Å². The maximum absolute atomic E-state index is 11.4. The van der Waals surface area contributed by atoms with Crippen molar-refractivity contribution in [3.63, 3.8) is 0 Å². The van der Waals surface area contributed by atoms with Gasteiger partial charge >= 0.3 is 5.97 Å². The first-order chi connectivity index (χ1) is 7.63. The number of imidazole rings is 1. The Kier molecular flexibility index (Phi) is 2.74. The van der Waals surface area contributed by atoms with Crippen molar-refractivity contribution < 1.29 is 9.53 Å². The number of aryl methyl sites for hydroxylation is 2. The van der Waals surface area contributed by atoms with Crippen molar-refractivity contribution in [2.24, 2.45) is 7.05 Å². The maximum Gasteiger partial charge on any atom is 0.349 e. The first-order valence-electron chi connectivity index (χ1n) is 4.67. The molecule has 2 aromatic rings. The highest BCUT2D eigenvalue weighted by molar-refractivity contribution is 7.16. The third-order valence-electron chi connectivity index (χ3n) is 2.18. The lowest BCUT2D eigenvalue weighted by Gasteiger charge is -1.95. The topological polar surface area (TPSA) is 57.0 Å². The molecule has 0 saturated carbocycles. The number of aromatic nitrogens is 3. The van der Waals surface area contributed by atoms with E-state index in [0.29, 0.717) is 10.6 Å². The zero-order chi connectivity index (χ0) is 11.7. The van der Waals surface area contributed by atoms with E-state index in [9.17, 15) is 4.79 Å². The summed E-state index contributed by atoms with van der Waals surface area (Å²) in [6.07, 6.45) is 3.54. The van der Waals surface area contributed by atoms with Crippen LogP contribution in [0.1, 0.15) is 15.4 Å². The smallest absolute Gasteiger partial charge is 0.349 e. The summed E-state index contributed by atoms with van der Waals surface area (Å²) >= 11 is 1.30. The molecule has 0 bridgehead atoms. The van der Waals surface area contributed by atoms with Crippen molar-refractivity contribution in [1.29, 1.82) is 0 Å². The molecular formula is C10H11N3O2S. The van der Waals surface area contributed by atoms with Crippen LogP contribution in [-0.4, -0.2) is 27.6 Å². The van der Waals surface area contributed by atoms with Crippen LogP contribution in [0, 0.1) is 6.92 Å². The lowest BCUT2D eigenvalue weighted by atomic mass is 10.4. The Hall–Kier alpha value is -1.69. The molecule has 0 fully saturated rings. The molecule has 16 heavy (non-hydrogen) atoms. The Bertz CT molecular complexity index is 530. The van der Waals surface area contributed by atoms with Crippen LogP contribution in [0.4, 0.5) is 0 Å². The quantitative estimate of drug-likeness (QED) is 0.745. The van der Waals surface area contributed by atoms with E-state index in [4.69, 9.17) is 0 Å². The predicted molar refractivity (Wildman–Crippen MR) is 60.4 cm³/mol. The second kappa shape index (κ2) is 4.05. The van der Waals surface area contributed by atoms with Crippen molar-refractivity contribution in [1.82, 2.24) is 14.5 Å². The summed E-state index contributed by atoms with van der Waals surface area (Å²) in [5.74, 6) is 0.402. The molecule has 2 heterocycles. The molecule has 0 aliphatic rings. The van der Waals surface area contributed by atoms with Gasteiger partial charge in [0.25, 0.3) is 0 Å². The van der Waals surface area contributed by atoms with Crippen LogP contribution in [0.15, 0.2) is 12.4 Å². The Morgan fingerprint density at radius 2 is 2.31 bits per heavy atom. The van der Waals surface area contributed by atoms with E-state index in [1.165, 1.54) is 18.4 Å². The summed E-state index contributed by atoms with van der Waals surface area (Å²) in [4.78, 5) is 20.5. The Morgan fingerprint density at radius 3 is 2.88 bits per heavy atom. The minimum absolute atomic E-state index is 0.351. The summed E-state index contributed by atoms with van der Waals surface area (Å²) in [5.41, 5.74) is 0.676. The number of thiazole rings is 1. The fraction of sp³-hybridized carbons (Fsp3) is 0.300. The molecule has 0 atom stereocenters. The van der Waals surface area contributed by atoms with E-state index in [0.717, 1.165) is 10.8 Å². The van der Waals surface area contributed by atoms with Crippen LogP contribution in [-0.2, 0) is 11.8 Å². The summed E-state index contributed by atoms with van der Waals surface area (Å²) in [6.45, 7) is 1.79. The van der Waals surface area contributed by atoms with Gasteiger partial charge < -0.3 is 9.30 Å². The molecule has 84 valence electrons. The molecule has 0 unspecified atom stereocenters. The zero-order valence-corrected chi connectivity index (χ0v) is 10.0. The molecule has 5 nitrogen and oxygen atoms in total. The third-order valence-corrected chi connectivity index (χ3v) is 3.31. The maximum atomic E-state index is 11.4. The molecule has 2 rings (SSSR count). The standard InChI is InChI=1S/C10H11N3O2S/c1-6-7(10(14)15-3)16-9(12-6)8-11-4-5-13(8)2/h4-5H,1-3H3. The van der Waals surface area contributed by atoms with E-state index in [1.807, 2.05) is 17.8 Å². The predicted octanol–water partition coefficient (Wildman–Crippen LogP) is 1.64. The summed E-state index contributed by atoms with van der Waals surface area (Å²) in [5, 5.41) is 0.727. The molecule has 6 heteroatoms. The molecule has 0 N–H and O–H groups in total. The fourth-order valence-electron chi connectivity index (χ4n) is 1.35. The number of rotatable bonds is 2. The first-order valence-corrected chi connectivity index (χ1v) is 5.48. The van der Waals surface area contributed by atoms with E-state index < -0.39 is 0 Å². The first kappa shape index (κ1) is 10.8. The lowest BCUT2D eigenvalue weighted by Crippen LogP contribution is -1.99. The Balaban J connectivity index is 2.46. The highest BCUT2D eigenvalue weighted by atomic mass is 32.1. The van der Waals surface area contributed by atoms with E-state index in [-0.39, 0.29) is 5.97 Å². The van der Waals surface area contributed by atoms with Gasteiger partial charge in [-0.25, -0.2) is 14.8 Å². The van der Waals surface area contributed by atoms with Gasteiger partial charge in [-0.05, 0) is 6.92 Å². The van der Waals surface area contributed by atoms with Crippen molar-refractivity contribution in [2.45, 2.75) is 6.92 Å². The van der Waals surface area contributed by atoms with Crippen LogP contribution in [0.3, 0.4) is 0 Å². The van der Waals surface area contributed by atoms with Gasteiger partial charge in [-0.1, -0.05) is 0 Å². The van der Waals surface area contributed by atoms with E-state index >= 15 is 0 Å². The Labute approximate surface area is 96.7 Å². The van der Waals surface area contributed by atoms with Gasteiger partial charge in [0.05, 0.1) is 12.8 Å². The van der Waals surface area contributed by atoms with Crippen LogP contribution >= 0.6 is 11.3 Å². The molecule has 0 aliphatic heterocycles. The second-order valence-electron chi connectivity index (χ2n) is 3.29. The monoisotopic (exact) mass is 237 g/mol. The molecule has 0 aromatic carbocycles. The number of carbonyl (C=O) groups excluding carboxylic acids is 1. The third kappa shape index (κ3) is 1.71. The SMILES string of the molecule is COC(=O)c1sc(-c2nccn2C)nc1C. The van der Waals surface area contributed by atoms with Gasteiger partial charge in [-0.2, -0.15) is 0 Å². The molecule has 0 amide bonds. The fourth-order valence-corrected chi connectivity index (χ4v) is 2.37. The summed E-state index contributed by atoms with van der Waals surface area (Å²) < 4.78 is 6.54. The van der Waals surface area contributed by atoms with E-state index in [1.54, 1.807) is 13.1 Å². The summed E-state index contributed by atoms with van der Waals surface area (Å²) in [6, 6.07) is 0. The Morgan fingerprint density at radius 1 is 1.56 bits per heavy atom. The van der Waals surface area contributed by atoms with Crippen LogP contribution < -0.4 is 0 Å². The van der Waals surface area contributed by atoms with E-state index in [2.05, 4.69) is 14.7 Å². The normalized spacial score (nSPS) is 10.4. The number of nitrogens with zero attached hydrogens (tertiary/aromatic N) is 3. The van der Waals surface area contributed by atoms with Crippen LogP contribution in [0.5, 0.6) is 0 Å². The van der Waals surface area contributed by atoms with Gasteiger partial charge in [0.2, 0.25) is 0 Å². The number of esters is 1. The van der Waals surface area contributed by atoms with Crippen molar-refractivity contribution in [3.05, 3.63) is 23.0 Å². The molecular weight excluding hydrogens is 226 g/mol. The molecule has 0 saturated heterocycles. The van der Waals surface area contributed by atoms with Gasteiger partial charge in [-0.3, -0.25) is 0 Å². The zero-order valence-electron chi connectivity index (χ0n) is 9.22. The van der Waals surface area contributed by atoms with Gasteiger partial charge in [0.15, 0.2) is 10.8 Å². The number of ether oxygens (including phenoxy) is 1. The van der Waals surface area contributed by atoms with Crippen LogP contribution in [0.25, 0.3) is 10.8 Å². The molecule has 0 radical (unpaired) electrons. The van der Waals surface area contributed by atoms with Gasteiger partial charge in [0, 0.05) is 19.4 Å².